The fraction of sp³-hybridized carbons (Fsp3) is 0.286. The lowest BCUT2D eigenvalue weighted by atomic mass is 9.96. The molecule has 0 aliphatic carbocycles. The molecule has 5 heteroatoms. The van der Waals surface area contributed by atoms with Crippen LogP contribution in [0.1, 0.15) is 18.0 Å². The largest absolute Gasteiger partial charge is 0.375 e. The van der Waals surface area contributed by atoms with Crippen LogP contribution in [0.25, 0.3) is 0 Å². The van der Waals surface area contributed by atoms with Crippen molar-refractivity contribution in [2.24, 2.45) is 7.05 Å². The summed E-state index contributed by atoms with van der Waals surface area (Å²) in [6.07, 6.45) is 4.14. The molecule has 98 valence electrons. The summed E-state index contributed by atoms with van der Waals surface area (Å²) >= 11 is 0. The van der Waals surface area contributed by atoms with Gasteiger partial charge in [-0.05, 0) is 11.6 Å². The predicted octanol–water partition coefficient (Wildman–Crippen LogP) is 1.94. The molecule has 5 nitrogen and oxygen atoms in total. The molecule has 2 aromatic rings. The predicted molar refractivity (Wildman–Crippen MR) is 74.0 cm³/mol. The van der Waals surface area contributed by atoms with Gasteiger partial charge < -0.3 is 10.2 Å². The highest BCUT2D eigenvalue weighted by molar-refractivity contribution is 5.96. The van der Waals surface area contributed by atoms with E-state index >= 15 is 0 Å². The minimum atomic E-state index is 0.00380. The number of hydrogen-bond acceptors (Lipinski definition) is 3. The van der Waals surface area contributed by atoms with Gasteiger partial charge in [-0.25, -0.2) is 0 Å². The molecule has 1 aliphatic heterocycles. The summed E-state index contributed by atoms with van der Waals surface area (Å²) < 4.78 is 1.74. The molecule has 2 heterocycles. The molecule has 1 amide bonds. The smallest absolute Gasteiger partial charge is 0.229 e. The number of para-hydroxylation sites is 1. The van der Waals surface area contributed by atoms with Gasteiger partial charge in [-0.2, -0.15) is 5.10 Å². The highest BCUT2D eigenvalue weighted by Crippen LogP contribution is 2.35. The fourth-order valence-corrected chi connectivity index (χ4v) is 2.47. The molecule has 1 N–H and O–H groups in total. The summed E-state index contributed by atoms with van der Waals surface area (Å²) in [6.45, 7) is 0. The normalized spacial score (nSPS) is 18.3. The highest BCUT2D eigenvalue weighted by atomic mass is 16.2. The molecular weight excluding hydrogens is 240 g/mol. The molecule has 3 rings (SSSR count). The molecule has 0 spiro atoms. The Hall–Kier alpha value is -2.30. The van der Waals surface area contributed by atoms with Gasteiger partial charge in [0, 0.05) is 26.0 Å². The van der Waals surface area contributed by atoms with Gasteiger partial charge in [0.1, 0.15) is 0 Å². The number of anilines is 2. The fourth-order valence-electron chi connectivity index (χ4n) is 2.47. The number of aromatic nitrogens is 2. The Morgan fingerprint density at radius 2 is 2.11 bits per heavy atom. The van der Waals surface area contributed by atoms with Crippen molar-refractivity contribution in [1.29, 1.82) is 0 Å². The number of rotatable bonds is 2. The zero-order valence-corrected chi connectivity index (χ0v) is 11.0. The second-order valence-electron chi connectivity index (χ2n) is 4.82. The highest BCUT2D eigenvalue weighted by Gasteiger charge is 2.28. The van der Waals surface area contributed by atoms with Crippen molar-refractivity contribution >= 4 is 17.3 Å². The van der Waals surface area contributed by atoms with Gasteiger partial charge in [-0.15, -0.1) is 0 Å². The van der Waals surface area contributed by atoms with Crippen molar-refractivity contribution in [3.63, 3.8) is 0 Å². The van der Waals surface area contributed by atoms with Gasteiger partial charge in [0.15, 0.2) is 0 Å². The van der Waals surface area contributed by atoms with Crippen LogP contribution in [0.5, 0.6) is 0 Å². The van der Waals surface area contributed by atoms with Crippen LogP contribution < -0.4 is 10.2 Å². The van der Waals surface area contributed by atoms with Crippen molar-refractivity contribution in [2.45, 2.75) is 12.5 Å². The first kappa shape index (κ1) is 11.8. The molecule has 0 saturated heterocycles. The molecular formula is C14H16N4O. The molecule has 0 radical (unpaired) electrons. The van der Waals surface area contributed by atoms with Crippen molar-refractivity contribution in [1.82, 2.24) is 9.78 Å². The first-order chi connectivity index (χ1) is 9.15. The minimum absolute atomic E-state index is 0.00380. The third-order valence-corrected chi connectivity index (χ3v) is 3.47. The summed E-state index contributed by atoms with van der Waals surface area (Å²) in [4.78, 5) is 13.7. The van der Waals surface area contributed by atoms with E-state index in [1.807, 2.05) is 38.5 Å². The molecule has 1 aliphatic rings. The van der Waals surface area contributed by atoms with Crippen molar-refractivity contribution in [3.05, 3.63) is 42.2 Å². The van der Waals surface area contributed by atoms with Gasteiger partial charge in [-0.3, -0.25) is 9.48 Å². The number of fused-ring (bicyclic) bond motifs is 1. The number of amides is 1. The van der Waals surface area contributed by atoms with Gasteiger partial charge in [0.2, 0.25) is 5.91 Å². The van der Waals surface area contributed by atoms with Crippen LogP contribution in [-0.4, -0.2) is 22.7 Å². The second-order valence-corrected chi connectivity index (χ2v) is 4.82. The third kappa shape index (κ3) is 2.07. The van der Waals surface area contributed by atoms with Crippen LogP contribution in [0.4, 0.5) is 11.4 Å². The van der Waals surface area contributed by atoms with E-state index in [4.69, 9.17) is 0 Å². The molecule has 1 aromatic carbocycles. The Balaban J connectivity index is 1.94. The lowest BCUT2D eigenvalue weighted by Crippen LogP contribution is -2.35. The van der Waals surface area contributed by atoms with Crippen LogP contribution in [0, 0.1) is 0 Å². The SMILES string of the molecule is CN1C(=O)CC(Nc2cnn(C)c2)c2ccccc21. The first-order valence-electron chi connectivity index (χ1n) is 6.26. The molecule has 0 bridgehead atoms. The number of benzene rings is 1. The summed E-state index contributed by atoms with van der Waals surface area (Å²) in [5, 5.41) is 7.51. The van der Waals surface area contributed by atoms with Crippen LogP contribution >= 0.6 is 0 Å². The third-order valence-electron chi connectivity index (χ3n) is 3.47. The Kier molecular flexibility index (Phi) is 2.74. The van der Waals surface area contributed by atoms with E-state index in [0.717, 1.165) is 16.9 Å². The van der Waals surface area contributed by atoms with E-state index in [-0.39, 0.29) is 11.9 Å². The van der Waals surface area contributed by atoms with Gasteiger partial charge in [0.25, 0.3) is 0 Å². The van der Waals surface area contributed by atoms with Crippen LogP contribution in [-0.2, 0) is 11.8 Å². The minimum Gasteiger partial charge on any atom is -0.375 e. The number of carbonyl (C=O) groups is 1. The number of hydrogen-bond donors (Lipinski definition) is 1. The topological polar surface area (TPSA) is 50.2 Å². The monoisotopic (exact) mass is 256 g/mol. The zero-order valence-electron chi connectivity index (χ0n) is 11.0. The average Bonchev–Trinajstić information content (AvgIpc) is 2.81. The van der Waals surface area contributed by atoms with E-state index < -0.39 is 0 Å². The number of nitrogens with one attached hydrogen (secondary N) is 1. The number of nitrogens with zero attached hydrogens (tertiary/aromatic N) is 3. The van der Waals surface area contributed by atoms with Crippen molar-refractivity contribution in [3.8, 4) is 0 Å². The van der Waals surface area contributed by atoms with E-state index in [9.17, 15) is 4.79 Å². The first-order valence-corrected chi connectivity index (χ1v) is 6.26. The maximum atomic E-state index is 12.0. The maximum absolute atomic E-state index is 12.0. The molecule has 1 atom stereocenters. The quantitative estimate of drug-likeness (QED) is 0.893. The Labute approximate surface area is 111 Å². The molecule has 0 fully saturated rings. The molecule has 0 saturated carbocycles. The number of aryl methyl sites for hydroxylation is 1. The van der Waals surface area contributed by atoms with E-state index in [2.05, 4.69) is 16.5 Å². The van der Waals surface area contributed by atoms with E-state index in [0.29, 0.717) is 6.42 Å². The van der Waals surface area contributed by atoms with Crippen LogP contribution in [0.2, 0.25) is 0 Å². The van der Waals surface area contributed by atoms with Crippen LogP contribution in [0.3, 0.4) is 0 Å². The van der Waals surface area contributed by atoms with E-state index in [1.165, 1.54) is 0 Å². The van der Waals surface area contributed by atoms with Crippen molar-refractivity contribution < 1.29 is 4.79 Å². The zero-order chi connectivity index (χ0) is 13.4. The standard InChI is InChI=1S/C14H16N4O/c1-17-9-10(8-15-17)16-12-7-14(19)18(2)13-6-4-3-5-11(12)13/h3-6,8-9,12,16H,7H2,1-2H3. The van der Waals surface area contributed by atoms with Gasteiger partial charge in [0.05, 0.1) is 24.3 Å². The lowest BCUT2D eigenvalue weighted by molar-refractivity contribution is -0.118. The Bertz CT molecular complexity index is 619. The summed E-state index contributed by atoms with van der Waals surface area (Å²) in [5.74, 6) is 0.125. The summed E-state index contributed by atoms with van der Waals surface area (Å²) in [5.41, 5.74) is 3.05. The Morgan fingerprint density at radius 1 is 1.32 bits per heavy atom. The number of carbonyl (C=O) groups excluding carboxylic acids is 1. The van der Waals surface area contributed by atoms with Gasteiger partial charge in [-0.1, -0.05) is 18.2 Å². The molecule has 1 unspecified atom stereocenters. The van der Waals surface area contributed by atoms with Crippen LogP contribution in [0.15, 0.2) is 36.7 Å². The second kappa shape index (κ2) is 4.42. The Morgan fingerprint density at radius 3 is 2.84 bits per heavy atom. The van der Waals surface area contributed by atoms with Gasteiger partial charge >= 0.3 is 0 Å². The lowest BCUT2D eigenvalue weighted by Gasteiger charge is -2.32. The summed E-state index contributed by atoms with van der Waals surface area (Å²) in [6, 6.07) is 8.00. The maximum Gasteiger partial charge on any atom is 0.229 e. The van der Waals surface area contributed by atoms with Crippen molar-refractivity contribution in [2.75, 3.05) is 17.3 Å². The average molecular weight is 256 g/mol. The summed E-state index contributed by atoms with van der Waals surface area (Å²) in [7, 11) is 3.69. The molecule has 1 aromatic heterocycles. The molecule has 19 heavy (non-hydrogen) atoms. The van der Waals surface area contributed by atoms with E-state index in [1.54, 1.807) is 15.8 Å².